The zero-order chi connectivity index (χ0) is 18.9. The van der Waals surface area contributed by atoms with Crippen molar-refractivity contribution in [3.8, 4) is 0 Å². The molecule has 0 saturated carbocycles. The predicted molar refractivity (Wildman–Crippen MR) is 102 cm³/mol. The number of rotatable bonds is 7. The molecule has 1 aromatic rings. The average Bonchev–Trinajstić information content (AvgIpc) is 2.67. The van der Waals surface area contributed by atoms with E-state index in [0.717, 1.165) is 31.7 Å². The summed E-state index contributed by atoms with van der Waals surface area (Å²) in [5.74, 6) is 0.842. The zero-order valence-corrected chi connectivity index (χ0v) is 16.1. The van der Waals surface area contributed by atoms with Gasteiger partial charge in [-0.05, 0) is 31.9 Å². The van der Waals surface area contributed by atoms with Crippen molar-refractivity contribution in [2.24, 2.45) is 0 Å². The van der Waals surface area contributed by atoms with Crippen LogP contribution >= 0.6 is 0 Å². The number of anilines is 1. The summed E-state index contributed by atoms with van der Waals surface area (Å²) in [4.78, 5) is 34.7. The molecule has 1 aromatic heterocycles. The first kappa shape index (κ1) is 20.0. The molecule has 1 fully saturated rings. The van der Waals surface area contributed by atoms with Crippen LogP contribution < -0.4 is 4.90 Å². The Bertz CT molecular complexity index is 594. The van der Waals surface area contributed by atoms with E-state index >= 15 is 0 Å². The van der Waals surface area contributed by atoms with Crippen molar-refractivity contribution in [2.45, 2.75) is 33.6 Å². The van der Waals surface area contributed by atoms with Crippen LogP contribution in [0.3, 0.4) is 0 Å². The average molecular weight is 362 g/mol. The number of hydrogen-bond acceptors (Lipinski definition) is 5. The van der Waals surface area contributed by atoms with Gasteiger partial charge in [0.2, 0.25) is 0 Å². The normalized spacial score (nSPS) is 14.3. The van der Waals surface area contributed by atoms with Gasteiger partial charge in [-0.25, -0.2) is 9.78 Å². The zero-order valence-electron chi connectivity index (χ0n) is 16.1. The van der Waals surface area contributed by atoms with E-state index in [2.05, 4.69) is 23.7 Å². The summed E-state index contributed by atoms with van der Waals surface area (Å²) >= 11 is 0. The topological polar surface area (TPSA) is 66.0 Å². The van der Waals surface area contributed by atoms with Crippen LogP contribution in [0.25, 0.3) is 0 Å². The lowest BCUT2D eigenvalue weighted by atomic mass is 10.2. The molecule has 0 radical (unpaired) electrons. The lowest BCUT2D eigenvalue weighted by Crippen LogP contribution is -2.49. The van der Waals surface area contributed by atoms with Crippen molar-refractivity contribution in [1.29, 1.82) is 0 Å². The summed E-state index contributed by atoms with van der Waals surface area (Å²) in [6.45, 7) is 10.4. The summed E-state index contributed by atoms with van der Waals surface area (Å²) in [5.41, 5.74) is 0.671. The molecule has 0 bridgehead atoms. The largest absolute Gasteiger partial charge is 0.450 e. The minimum Gasteiger partial charge on any atom is -0.450 e. The smallest absolute Gasteiger partial charge is 0.409 e. The third kappa shape index (κ3) is 5.09. The number of nitrogens with zero attached hydrogens (tertiary/aromatic N) is 4. The lowest BCUT2D eigenvalue weighted by Gasteiger charge is -2.34. The molecule has 0 spiro atoms. The van der Waals surface area contributed by atoms with Crippen LogP contribution in [-0.4, -0.2) is 72.7 Å². The maximum atomic E-state index is 12.8. The quantitative estimate of drug-likeness (QED) is 0.746. The molecule has 7 heteroatoms. The molecule has 26 heavy (non-hydrogen) atoms. The highest BCUT2D eigenvalue weighted by molar-refractivity contribution is 5.94. The van der Waals surface area contributed by atoms with Crippen molar-refractivity contribution < 1.29 is 14.3 Å². The number of carbonyl (C=O) groups is 2. The van der Waals surface area contributed by atoms with Crippen LogP contribution in [0.1, 0.15) is 44.0 Å². The number of amides is 2. The molecule has 1 aliphatic heterocycles. The van der Waals surface area contributed by atoms with E-state index < -0.39 is 0 Å². The van der Waals surface area contributed by atoms with Crippen LogP contribution in [0, 0.1) is 0 Å². The second-order valence-electron chi connectivity index (χ2n) is 6.37. The highest BCUT2D eigenvalue weighted by atomic mass is 16.6. The van der Waals surface area contributed by atoms with Gasteiger partial charge in [-0.1, -0.05) is 13.8 Å². The van der Waals surface area contributed by atoms with Crippen LogP contribution in [0.4, 0.5) is 10.6 Å². The number of hydrogen-bond donors (Lipinski definition) is 0. The molecule has 144 valence electrons. The van der Waals surface area contributed by atoms with Gasteiger partial charge in [0.1, 0.15) is 5.82 Å². The molecule has 1 saturated heterocycles. The Morgan fingerprint density at radius 3 is 2.35 bits per heavy atom. The van der Waals surface area contributed by atoms with Crippen molar-refractivity contribution in [1.82, 2.24) is 14.8 Å². The summed E-state index contributed by atoms with van der Waals surface area (Å²) in [5, 5.41) is 0. The van der Waals surface area contributed by atoms with E-state index in [0.29, 0.717) is 38.3 Å². The van der Waals surface area contributed by atoms with Gasteiger partial charge in [0.05, 0.1) is 6.61 Å². The van der Waals surface area contributed by atoms with E-state index in [9.17, 15) is 9.59 Å². The Morgan fingerprint density at radius 1 is 1.12 bits per heavy atom. The van der Waals surface area contributed by atoms with Gasteiger partial charge in [0, 0.05) is 51.0 Å². The fraction of sp³-hybridized carbons (Fsp3) is 0.632. The first-order valence-corrected chi connectivity index (χ1v) is 9.52. The van der Waals surface area contributed by atoms with Crippen LogP contribution in [0.15, 0.2) is 18.3 Å². The highest BCUT2D eigenvalue weighted by Crippen LogP contribution is 2.17. The van der Waals surface area contributed by atoms with Crippen LogP contribution in [0.2, 0.25) is 0 Å². The van der Waals surface area contributed by atoms with Crippen molar-refractivity contribution in [3.63, 3.8) is 0 Å². The Morgan fingerprint density at radius 2 is 1.77 bits per heavy atom. The molecular formula is C19H30N4O3. The van der Waals surface area contributed by atoms with E-state index in [1.54, 1.807) is 24.1 Å². The maximum Gasteiger partial charge on any atom is 0.409 e. The third-order valence-corrected chi connectivity index (χ3v) is 4.40. The number of carbonyl (C=O) groups excluding carboxylic acids is 2. The fourth-order valence-corrected chi connectivity index (χ4v) is 3.09. The van der Waals surface area contributed by atoms with Crippen LogP contribution in [0.5, 0.6) is 0 Å². The van der Waals surface area contributed by atoms with Crippen molar-refractivity contribution >= 4 is 17.8 Å². The SMILES string of the molecule is CCCN(CCC)C(=O)c1ccnc(N2CCN(C(=O)OCC)CC2)c1. The van der Waals surface area contributed by atoms with Crippen molar-refractivity contribution in [2.75, 3.05) is 50.8 Å². The van der Waals surface area contributed by atoms with E-state index in [4.69, 9.17) is 4.74 Å². The van der Waals surface area contributed by atoms with E-state index in [1.807, 2.05) is 11.0 Å². The highest BCUT2D eigenvalue weighted by Gasteiger charge is 2.23. The van der Waals surface area contributed by atoms with Crippen LogP contribution in [-0.2, 0) is 4.74 Å². The molecule has 1 aliphatic rings. The number of aromatic nitrogens is 1. The minimum absolute atomic E-state index is 0.0579. The second-order valence-corrected chi connectivity index (χ2v) is 6.37. The lowest BCUT2D eigenvalue weighted by molar-refractivity contribution is 0.0755. The number of ether oxygens (including phenoxy) is 1. The predicted octanol–water partition coefficient (Wildman–Crippen LogP) is 2.62. The standard InChI is InChI=1S/C19H30N4O3/c1-4-9-22(10-5-2)18(24)16-7-8-20-17(15-16)21-11-13-23(14-12-21)19(25)26-6-3/h7-8,15H,4-6,9-14H2,1-3H3. The number of piperazine rings is 1. The number of pyridine rings is 1. The first-order chi connectivity index (χ1) is 12.6. The Labute approximate surface area is 155 Å². The van der Waals surface area contributed by atoms with Gasteiger partial charge in [-0.2, -0.15) is 0 Å². The summed E-state index contributed by atoms with van der Waals surface area (Å²) in [6.07, 6.45) is 3.31. The fourth-order valence-electron chi connectivity index (χ4n) is 3.09. The molecule has 2 rings (SSSR count). The Hall–Kier alpha value is -2.31. The Balaban J connectivity index is 2.03. The first-order valence-electron chi connectivity index (χ1n) is 9.52. The van der Waals surface area contributed by atoms with Crippen molar-refractivity contribution in [3.05, 3.63) is 23.9 Å². The molecule has 2 heterocycles. The molecule has 0 aromatic carbocycles. The van der Waals surface area contributed by atoms with Gasteiger partial charge in [0.25, 0.3) is 5.91 Å². The Kier molecular flexibility index (Phi) is 7.69. The summed E-state index contributed by atoms with van der Waals surface area (Å²) in [7, 11) is 0. The molecule has 0 atom stereocenters. The third-order valence-electron chi connectivity index (χ3n) is 4.40. The summed E-state index contributed by atoms with van der Waals surface area (Å²) in [6, 6.07) is 3.64. The van der Waals surface area contributed by atoms with Gasteiger partial charge < -0.3 is 19.4 Å². The van der Waals surface area contributed by atoms with Gasteiger partial charge in [0.15, 0.2) is 0 Å². The van der Waals surface area contributed by atoms with Gasteiger partial charge in [-0.15, -0.1) is 0 Å². The minimum atomic E-state index is -0.265. The molecular weight excluding hydrogens is 332 g/mol. The molecule has 7 nitrogen and oxygen atoms in total. The molecule has 0 unspecified atom stereocenters. The van der Waals surface area contributed by atoms with Gasteiger partial charge in [-0.3, -0.25) is 4.79 Å². The summed E-state index contributed by atoms with van der Waals surface area (Å²) < 4.78 is 5.05. The maximum absolute atomic E-state index is 12.8. The second kappa shape index (κ2) is 9.99. The van der Waals surface area contributed by atoms with Gasteiger partial charge >= 0.3 is 6.09 Å². The molecule has 2 amide bonds. The monoisotopic (exact) mass is 362 g/mol. The van der Waals surface area contributed by atoms with E-state index in [1.165, 1.54) is 0 Å². The van der Waals surface area contributed by atoms with E-state index in [-0.39, 0.29) is 12.0 Å². The molecule has 0 aliphatic carbocycles. The molecule has 0 N–H and O–H groups in total.